The van der Waals surface area contributed by atoms with Crippen LogP contribution in [-0.2, 0) is 17.8 Å². The van der Waals surface area contributed by atoms with Gasteiger partial charge >= 0.3 is 0 Å². The van der Waals surface area contributed by atoms with Crippen molar-refractivity contribution < 1.29 is 9.47 Å². The molecule has 0 radical (unpaired) electrons. The number of hydrogen-bond donors (Lipinski definition) is 2. The minimum absolute atomic E-state index is 0.648. The van der Waals surface area contributed by atoms with E-state index in [1.54, 1.807) is 25.5 Å². The Kier molecular flexibility index (Phi) is 8.28. The molecular weight excluding hydrogens is 334 g/mol. The van der Waals surface area contributed by atoms with Gasteiger partial charge in [0.1, 0.15) is 5.75 Å². The molecule has 0 saturated heterocycles. The molecule has 0 aliphatic heterocycles. The molecule has 1 heterocycles. The van der Waals surface area contributed by atoms with Crippen molar-refractivity contribution in [3.63, 3.8) is 0 Å². The standard InChI is InChI=1S/C19H27N3O2S/c1-15-5-6-17(18(11-15)24-9-4-8-23-3)13-22-19(20-2)21-12-16-7-10-25-14-16/h5-7,10-11,14H,4,8-9,12-13H2,1-3H3,(H2,20,21,22). The lowest BCUT2D eigenvalue weighted by molar-refractivity contribution is 0.172. The fourth-order valence-corrected chi connectivity index (χ4v) is 2.97. The molecule has 0 aliphatic carbocycles. The maximum Gasteiger partial charge on any atom is 0.191 e. The highest BCUT2D eigenvalue weighted by Crippen LogP contribution is 2.20. The molecule has 0 aliphatic rings. The number of rotatable bonds is 9. The third-order valence-electron chi connectivity index (χ3n) is 3.68. The smallest absolute Gasteiger partial charge is 0.191 e. The highest BCUT2D eigenvalue weighted by molar-refractivity contribution is 7.07. The molecule has 0 amide bonds. The fourth-order valence-electron chi connectivity index (χ4n) is 2.31. The van der Waals surface area contributed by atoms with Gasteiger partial charge in [-0.3, -0.25) is 4.99 Å². The minimum atomic E-state index is 0.648. The van der Waals surface area contributed by atoms with Crippen LogP contribution in [0.4, 0.5) is 0 Å². The van der Waals surface area contributed by atoms with E-state index in [9.17, 15) is 0 Å². The first-order valence-corrected chi connectivity index (χ1v) is 9.34. The number of ether oxygens (including phenoxy) is 2. The molecule has 0 bridgehead atoms. The summed E-state index contributed by atoms with van der Waals surface area (Å²) in [6, 6.07) is 8.38. The van der Waals surface area contributed by atoms with Crippen molar-refractivity contribution in [3.05, 3.63) is 51.7 Å². The van der Waals surface area contributed by atoms with E-state index < -0.39 is 0 Å². The van der Waals surface area contributed by atoms with E-state index in [2.05, 4.69) is 57.6 Å². The van der Waals surface area contributed by atoms with Crippen molar-refractivity contribution >= 4 is 17.3 Å². The number of benzene rings is 1. The molecule has 1 aromatic carbocycles. The van der Waals surface area contributed by atoms with Crippen LogP contribution in [0.15, 0.2) is 40.0 Å². The summed E-state index contributed by atoms with van der Waals surface area (Å²) in [4.78, 5) is 4.28. The van der Waals surface area contributed by atoms with E-state index in [1.165, 1.54) is 11.1 Å². The molecule has 0 unspecified atom stereocenters. The summed E-state index contributed by atoms with van der Waals surface area (Å²) in [5, 5.41) is 10.9. The van der Waals surface area contributed by atoms with Gasteiger partial charge in [-0.2, -0.15) is 11.3 Å². The Morgan fingerprint density at radius 3 is 2.72 bits per heavy atom. The molecule has 1 aromatic heterocycles. The molecule has 0 saturated carbocycles. The van der Waals surface area contributed by atoms with Gasteiger partial charge in [0.05, 0.1) is 6.61 Å². The average Bonchev–Trinajstić information content (AvgIpc) is 3.14. The summed E-state index contributed by atoms with van der Waals surface area (Å²) in [6.45, 7) is 4.84. The van der Waals surface area contributed by atoms with Crippen LogP contribution in [0.5, 0.6) is 5.75 Å². The molecule has 136 valence electrons. The van der Waals surface area contributed by atoms with Gasteiger partial charge in [-0.15, -0.1) is 0 Å². The molecule has 2 aromatic rings. The minimum Gasteiger partial charge on any atom is -0.493 e. The summed E-state index contributed by atoms with van der Waals surface area (Å²) < 4.78 is 11.0. The number of guanidine groups is 1. The molecule has 2 N–H and O–H groups in total. The number of nitrogens with zero attached hydrogens (tertiary/aromatic N) is 1. The SMILES string of the molecule is CN=C(NCc1ccsc1)NCc1ccc(C)cc1OCCCOC. The van der Waals surface area contributed by atoms with Crippen molar-refractivity contribution in [2.24, 2.45) is 4.99 Å². The van der Waals surface area contributed by atoms with Gasteiger partial charge in [-0.05, 0) is 40.9 Å². The largest absolute Gasteiger partial charge is 0.493 e. The normalized spacial score (nSPS) is 11.4. The maximum absolute atomic E-state index is 5.93. The van der Waals surface area contributed by atoms with E-state index in [-0.39, 0.29) is 0 Å². The van der Waals surface area contributed by atoms with Crippen LogP contribution in [0.2, 0.25) is 0 Å². The Morgan fingerprint density at radius 2 is 2.00 bits per heavy atom. The molecule has 0 fully saturated rings. The zero-order valence-electron chi connectivity index (χ0n) is 15.2. The first kappa shape index (κ1) is 19.3. The van der Waals surface area contributed by atoms with E-state index >= 15 is 0 Å². The Hall–Kier alpha value is -2.05. The van der Waals surface area contributed by atoms with Crippen molar-refractivity contribution in [1.82, 2.24) is 10.6 Å². The summed E-state index contributed by atoms with van der Waals surface area (Å²) in [7, 11) is 3.48. The monoisotopic (exact) mass is 361 g/mol. The highest BCUT2D eigenvalue weighted by Gasteiger charge is 2.06. The van der Waals surface area contributed by atoms with E-state index in [1.807, 2.05) is 0 Å². The lowest BCUT2D eigenvalue weighted by Gasteiger charge is -2.15. The number of hydrogen-bond acceptors (Lipinski definition) is 4. The summed E-state index contributed by atoms with van der Waals surface area (Å²) in [5.41, 5.74) is 3.55. The molecule has 2 rings (SSSR count). The maximum atomic E-state index is 5.93. The van der Waals surface area contributed by atoms with Crippen molar-refractivity contribution in [2.45, 2.75) is 26.4 Å². The molecule has 0 spiro atoms. The van der Waals surface area contributed by atoms with Gasteiger partial charge in [0.15, 0.2) is 5.96 Å². The van der Waals surface area contributed by atoms with Crippen molar-refractivity contribution in [1.29, 1.82) is 0 Å². The summed E-state index contributed by atoms with van der Waals surface area (Å²) in [6.07, 6.45) is 0.876. The van der Waals surface area contributed by atoms with E-state index in [4.69, 9.17) is 9.47 Å². The van der Waals surface area contributed by atoms with E-state index in [0.717, 1.165) is 30.2 Å². The van der Waals surface area contributed by atoms with Gasteiger partial charge in [0.2, 0.25) is 0 Å². The van der Waals surface area contributed by atoms with Crippen LogP contribution in [0.1, 0.15) is 23.1 Å². The van der Waals surface area contributed by atoms with Crippen LogP contribution >= 0.6 is 11.3 Å². The molecule has 5 nitrogen and oxygen atoms in total. The van der Waals surface area contributed by atoms with Crippen LogP contribution in [0.3, 0.4) is 0 Å². The lowest BCUT2D eigenvalue weighted by Crippen LogP contribution is -2.36. The number of methoxy groups -OCH3 is 1. The van der Waals surface area contributed by atoms with Crippen LogP contribution in [0, 0.1) is 6.92 Å². The number of aryl methyl sites for hydroxylation is 1. The fraction of sp³-hybridized carbons (Fsp3) is 0.421. The third kappa shape index (κ3) is 6.76. The molecule has 0 atom stereocenters. The van der Waals surface area contributed by atoms with E-state index in [0.29, 0.717) is 19.8 Å². The van der Waals surface area contributed by atoms with Gasteiger partial charge in [-0.25, -0.2) is 0 Å². The van der Waals surface area contributed by atoms with Crippen molar-refractivity contribution in [3.8, 4) is 5.75 Å². The first-order chi connectivity index (χ1) is 12.2. The first-order valence-electron chi connectivity index (χ1n) is 8.39. The Labute approximate surface area is 154 Å². The number of nitrogens with one attached hydrogen (secondary N) is 2. The predicted molar refractivity (Wildman–Crippen MR) is 105 cm³/mol. The van der Waals surface area contributed by atoms with Gasteiger partial charge < -0.3 is 20.1 Å². The molecule has 6 heteroatoms. The van der Waals surface area contributed by atoms with Crippen LogP contribution < -0.4 is 15.4 Å². The number of thiophene rings is 1. The lowest BCUT2D eigenvalue weighted by atomic mass is 10.1. The molecular formula is C19H27N3O2S. The van der Waals surface area contributed by atoms with Gasteiger partial charge in [0, 0.05) is 45.8 Å². The second kappa shape index (κ2) is 10.7. The topological polar surface area (TPSA) is 54.9 Å². The molecule has 25 heavy (non-hydrogen) atoms. The highest BCUT2D eigenvalue weighted by atomic mass is 32.1. The summed E-state index contributed by atoms with van der Waals surface area (Å²) in [5.74, 6) is 1.69. The second-order valence-corrected chi connectivity index (χ2v) is 6.50. The second-order valence-electron chi connectivity index (χ2n) is 5.72. The predicted octanol–water partition coefficient (Wildman–Crippen LogP) is 3.34. The number of aliphatic imine (C=N–C) groups is 1. The Bertz CT molecular complexity index is 657. The van der Waals surface area contributed by atoms with Crippen LogP contribution in [0.25, 0.3) is 0 Å². The zero-order valence-corrected chi connectivity index (χ0v) is 16.0. The Morgan fingerprint density at radius 1 is 1.16 bits per heavy atom. The third-order valence-corrected chi connectivity index (χ3v) is 4.42. The van der Waals surface area contributed by atoms with Gasteiger partial charge in [0.25, 0.3) is 0 Å². The van der Waals surface area contributed by atoms with Crippen molar-refractivity contribution in [2.75, 3.05) is 27.4 Å². The quantitative estimate of drug-likeness (QED) is 0.409. The zero-order chi connectivity index (χ0) is 17.9. The van der Waals surface area contributed by atoms with Gasteiger partial charge in [-0.1, -0.05) is 12.1 Å². The average molecular weight is 362 g/mol. The summed E-state index contributed by atoms with van der Waals surface area (Å²) >= 11 is 1.70. The van der Waals surface area contributed by atoms with Crippen LogP contribution in [-0.4, -0.2) is 33.3 Å². The Balaban J connectivity index is 1.89.